The van der Waals surface area contributed by atoms with Crippen molar-refractivity contribution in [2.75, 3.05) is 13.2 Å². The average molecular weight is 169 g/mol. The topological polar surface area (TPSA) is 23.5 Å². The molecule has 2 rings (SSSR count). The van der Waals surface area contributed by atoms with Crippen LogP contribution in [0.2, 0.25) is 0 Å². The molecule has 0 radical (unpaired) electrons. The van der Waals surface area contributed by atoms with Crippen LogP contribution in [0.3, 0.4) is 0 Å². The van der Waals surface area contributed by atoms with Crippen LogP contribution in [-0.4, -0.2) is 35.2 Å². The molecule has 0 aromatic heterocycles. The van der Waals surface area contributed by atoms with Gasteiger partial charge in [0.1, 0.15) is 0 Å². The summed E-state index contributed by atoms with van der Waals surface area (Å²) in [7, 11) is 0. The molecule has 1 saturated heterocycles. The maximum Gasteiger partial charge on any atom is 0.0586 e. The molecular formula is C10H19NO. The van der Waals surface area contributed by atoms with E-state index < -0.39 is 0 Å². The highest BCUT2D eigenvalue weighted by atomic mass is 16.3. The van der Waals surface area contributed by atoms with Crippen LogP contribution in [0.4, 0.5) is 0 Å². The first-order chi connectivity index (χ1) is 5.92. The molecule has 1 aliphatic carbocycles. The Kier molecular flexibility index (Phi) is 2.66. The van der Waals surface area contributed by atoms with Crippen molar-refractivity contribution in [3.8, 4) is 0 Å². The number of rotatable bonds is 2. The van der Waals surface area contributed by atoms with Crippen LogP contribution in [0.15, 0.2) is 0 Å². The largest absolute Gasteiger partial charge is 0.395 e. The predicted octanol–water partition coefficient (Wildman–Crippen LogP) is 1.39. The first-order valence-corrected chi connectivity index (χ1v) is 5.28. The van der Waals surface area contributed by atoms with E-state index in [0.29, 0.717) is 12.6 Å². The molecule has 1 unspecified atom stereocenters. The van der Waals surface area contributed by atoms with E-state index in [0.717, 1.165) is 6.04 Å². The molecule has 0 amide bonds. The summed E-state index contributed by atoms with van der Waals surface area (Å²) in [6.07, 6.45) is 7.97. The Bertz CT molecular complexity index is 145. The lowest BCUT2D eigenvalue weighted by Crippen LogP contribution is -2.39. The van der Waals surface area contributed by atoms with Gasteiger partial charge in [-0.25, -0.2) is 0 Å². The van der Waals surface area contributed by atoms with E-state index in [1.165, 1.54) is 45.1 Å². The summed E-state index contributed by atoms with van der Waals surface area (Å²) in [6, 6.07) is 1.32. The van der Waals surface area contributed by atoms with E-state index >= 15 is 0 Å². The number of hydrogen-bond donors (Lipinski definition) is 1. The fourth-order valence-electron chi connectivity index (χ4n) is 2.28. The van der Waals surface area contributed by atoms with Gasteiger partial charge in [0.15, 0.2) is 0 Å². The predicted molar refractivity (Wildman–Crippen MR) is 49.1 cm³/mol. The molecular weight excluding hydrogens is 150 g/mol. The van der Waals surface area contributed by atoms with Gasteiger partial charge < -0.3 is 5.11 Å². The van der Waals surface area contributed by atoms with E-state index in [1.807, 2.05) is 0 Å². The third-order valence-corrected chi connectivity index (χ3v) is 3.15. The molecule has 0 spiro atoms. The Morgan fingerprint density at radius 1 is 1.08 bits per heavy atom. The monoisotopic (exact) mass is 169 g/mol. The van der Waals surface area contributed by atoms with E-state index in [1.54, 1.807) is 0 Å². The van der Waals surface area contributed by atoms with Crippen molar-refractivity contribution in [3.63, 3.8) is 0 Å². The molecule has 0 bridgehead atoms. The number of aliphatic hydroxyl groups excluding tert-OH is 1. The van der Waals surface area contributed by atoms with Crippen molar-refractivity contribution >= 4 is 0 Å². The summed E-state index contributed by atoms with van der Waals surface area (Å²) in [5, 5.41) is 9.22. The van der Waals surface area contributed by atoms with Gasteiger partial charge in [-0.3, -0.25) is 4.90 Å². The Balaban J connectivity index is 1.93. The van der Waals surface area contributed by atoms with Crippen molar-refractivity contribution in [2.24, 2.45) is 0 Å². The highest BCUT2D eigenvalue weighted by Crippen LogP contribution is 2.31. The standard InChI is InChI=1S/C10H19NO/c12-8-10-4-2-1-3-7-11(10)9-5-6-9/h9-10,12H,1-8H2. The van der Waals surface area contributed by atoms with Gasteiger partial charge >= 0.3 is 0 Å². The maximum absolute atomic E-state index is 9.22. The smallest absolute Gasteiger partial charge is 0.0586 e. The first kappa shape index (κ1) is 8.52. The van der Waals surface area contributed by atoms with Gasteiger partial charge in [-0.05, 0) is 32.2 Å². The van der Waals surface area contributed by atoms with Gasteiger partial charge in [-0.2, -0.15) is 0 Å². The molecule has 1 heterocycles. The van der Waals surface area contributed by atoms with Crippen molar-refractivity contribution in [2.45, 2.75) is 50.6 Å². The Morgan fingerprint density at radius 3 is 2.58 bits per heavy atom. The second-order valence-corrected chi connectivity index (χ2v) is 4.15. The molecule has 1 saturated carbocycles. The van der Waals surface area contributed by atoms with E-state index in [4.69, 9.17) is 0 Å². The molecule has 1 N–H and O–H groups in total. The highest BCUT2D eigenvalue weighted by molar-refractivity contribution is 4.89. The fourth-order valence-corrected chi connectivity index (χ4v) is 2.28. The zero-order valence-electron chi connectivity index (χ0n) is 7.71. The van der Waals surface area contributed by atoms with Gasteiger partial charge in [0, 0.05) is 12.1 Å². The minimum Gasteiger partial charge on any atom is -0.395 e. The maximum atomic E-state index is 9.22. The van der Waals surface area contributed by atoms with Crippen LogP contribution in [0.25, 0.3) is 0 Å². The number of likely N-dealkylation sites (tertiary alicyclic amines) is 1. The van der Waals surface area contributed by atoms with E-state index in [2.05, 4.69) is 4.90 Å². The molecule has 2 aliphatic rings. The minimum absolute atomic E-state index is 0.372. The molecule has 2 nitrogen and oxygen atoms in total. The van der Waals surface area contributed by atoms with Crippen LogP contribution in [0, 0.1) is 0 Å². The lowest BCUT2D eigenvalue weighted by Gasteiger charge is -2.28. The van der Waals surface area contributed by atoms with Crippen LogP contribution in [0.5, 0.6) is 0 Å². The Morgan fingerprint density at radius 2 is 1.92 bits per heavy atom. The SMILES string of the molecule is OCC1CCCCCN1C1CC1. The van der Waals surface area contributed by atoms with E-state index in [9.17, 15) is 5.11 Å². The normalized spacial score (nSPS) is 33.2. The second kappa shape index (κ2) is 3.75. The van der Waals surface area contributed by atoms with Crippen molar-refractivity contribution in [3.05, 3.63) is 0 Å². The zero-order chi connectivity index (χ0) is 8.39. The third-order valence-electron chi connectivity index (χ3n) is 3.15. The number of aliphatic hydroxyl groups is 1. The van der Waals surface area contributed by atoms with Crippen LogP contribution in [-0.2, 0) is 0 Å². The molecule has 0 aromatic carbocycles. The van der Waals surface area contributed by atoms with Gasteiger partial charge in [-0.15, -0.1) is 0 Å². The van der Waals surface area contributed by atoms with Gasteiger partial charge in [0.2, 0.25) is 0 Å². The Labute approximate surface area is 74.6 Å². The Hall–Kier alpha value is -0.0800. The molecule has 2 heteroatoms. The summed E-state index contributed by atoms with van der Waals surface area (Å²) in [5.74, 6) is 0. The molecule has 1 atom stereocenters. The summed E-state index contributed by atoms with van der Waals surface area (Å²) < 4.78 is 0. The van der Waals surface area contributed by atoms with Gasteiger partial charge in [-0.1, -0.05) is 12.8 Å². The van der Waals surface area contributed by atoms with Gasteiger partial charge in [0.05, 0.1) is 6.61 Å². The summed E-state index contributed by atoms with van der Waals surface area (Å²) in [5.41, 5.74) is 0. The average Bonchev–Trinajstić information content (AvgIpc) is 2.91. The van der Waals surface area contributed by atoms with Gasteiger partial charge in [0.25, 0.3) is 0 Å². The fraction of sp³-hybridized carbons (Fsp3) is 1.00. The molecule has 12 heavy (non-hydrogen) atoms. The first-order valence-electron chi connectivity index (χ1n) is 5.28. The minimum atomic E-state index is 0.372. The summed E-state index contributed by atoms with van der Waals surface area (Å²) in [4.78, 5) is 2.55. The summed E-state index contributed by atoms with van der Waals surface area (Å²) >= 11 is 0. The third kappa shape index (κ3) is 1.80. The van der Waals surface area contributed by atoms with Crippen molar-refractivity contribution in [1.29, 1.82) is 0 Å². The lowest BCUT2D eigenvalue weighted by atomic mass is 10.1. The van der Waals surface area contributed by atoms with Crippen LogP contribution in [0.1, 0.15) is 38.5 Å². The van der Waals surface area contributed by atoms with Crippen LogP contribution >= 0.6 is 0 Å². The lowest BCUT2D eigenvalue weighted by molar-refractivity contribution is 0.118. The van der Waals surface area contributed by atoms with Crippen LogP contribution < -0.4 is 0 Å². The molecule has 2 fully saturated rings. The number of hydrogen-bond acceptors (Lipinski definition) is 2. The van der Waals surface area contributed by atoms with E-state index in [-0.39, 0.29) is 0 Å². The quantitative estimate of drug-likeness (QED) is 0.675. The zero-order valence-corrected chi connectivity index (χ0v) is 7.71. The van der Waals surface area contributed by atoms with Crippen molar-refractivity contribution in [1.82, 2.24) is 4.90 Å². The van der Waals surface area contributed by atoms with Crippen molar-refractivity contribution < 1.29 is 5.11 Å². The highest BCUT2D eigenvalue weighted by Gasteiger charge is 2.33. The summed E-state index contributed by atoms with van der Waals surface area (Å²) in [6.45, 7) is 1.60. The molecule has 0 aromatic rings. The molecule has 1 aliphatic heterocycles. The molecule has 70 valence electrons. The second-order valence-electron chi connectivity index (χ2n) is 4.15. The number of nitrogens with zero attached hydrogens (tertiary/aromatic N) is 1.